The Balaban J connectivity index is 1.49. The van der Waals surface area contributed by atoms with Gasteiger partial charge in [0.05, 0.1) is 19.0 Å². The normalized spacial score (nSPS) is 15.0. The summed E-state index contributed by atoms with van der Waals surface area (Å²) in [7, 11) is 1.44. The van der Waals surface area contributed by atoms with Gasteiger partial charge in [-0.3, -0.25) is 4.98 Å². The monoisotopic (exact) mass is 365 g/mol. The van der Waals surface area contributed by atoms with Crippen LogP contribution in [0.15, 0.2) is 48.9 Å². The van der Waals surface area contributed by atoms with Gasteiger partial charge in [0.25, 0.3) is 0 Å². The van der Waals surface area contributed by atoms with Crippen molar-refractivity contribution in [2.24, 2.45) is 0 Å². The zero-order chi connectivity index (χ0) is 18.6. The second-order valence-corrected chi connectivity index (χ2v) is 6.53. The van der Waals surface area contributed by atoms with Crippen LogP contribution in [0.5, 0.6) is 5.75 Å². The van der Waals surface area contributed by atoms with Gasteiger partial charge in [0.15, 0.2) is 11.6 Å². The number of nitrogens with zero attached hydrogens (tertiary/aromatic N) is 5. The Hall–Kier alpha value is -3.09. The predicted molar refractivity (Wildman–Crippen MR) is 100 cm³/mol. The lowest BCUT2D eigenvalue weighted by atomic mass is 9.90. The molecule has 0 N–H and O–H groups in total. The van der Waals surface area contributed by atoms with Gasteiger partial charge in [-0.1, -0.05) is 0 Å². The fourth-order valence-electron chi connectivity index (χ4n) is 3.44. The van der Waals surface area contributed by atoms with E-state index in [0.717, 1.165) is 25.9 Å². The van der Waals surface area contributed by atoms with Gasteiger partial charge in [-0.05, 0) is 54.7 Å². The van der Waals surface area contributed by atoms with Crippen LogP contribution in [0.3, 0.4) is 0 Å². The highest BCUT2D eigenvalue weighted by Crippen LogP contribution is 2.30. The molecule has 0 unspecified atom stereocenters. The topological polar surface area (TPSA) is 64.0 Å². The standard InChI is InChI=1S/C20H20FN5O/c1-27-19-3-2-16(12-17(19)21)18-13-23-25-20(24-18)26-10-6-15(7-11-26)14-4-8-22-9-5-14/h2-5,8-9,12-13,15H,6-7,10-11H2,1H3. The van der Waals surface area contributed by atoms with Gasteiger partial charge in [0.2, 0.25) is 5.95 Å². The van der Waals surface area contributed by atoms with Gasteiger partial charge in [-0.15, -0.1) is 5.10 Å². The van der Waals surface area contributed by atoms with E-state index in [4.69, 9.17) is 4.74 Å². The molecule has 0 saturated carbocycles. The molecular formula is C20H20FN5O. The van der Waals surface area contributed by atoms with Crippen LogP contribution in [0, 0.1) is 5.82 Å². The molecule has 2 aromatic heterocycles. The zero-order valence-corrected chi connectivity index (χ0v) is 15.0. The molecule has 27 heavy (non-hydrogen) atoms. The van der Waals surface area contributed by atoms with E-state index in [1.54, 1.807) is 18.3 Å². The predicted octanol–water partition coefficient (Wildman–Crippen LogP) is 3.47. The Morgan fingerprint density at radius 2 is 1.89 bits per heavy atom. The Labute approximate surface area is 157 Å². The summed E-state index contributed by atoms with van der Waals surface area (Å²) in [6.45, 7) is 1.71. The highest BCUT2D eigenvalue weighted by molar-refractivity contribution is 5.60. The lowest BCUT2D eigenvalue weighted by Crippen LogP contribution is -2.34. The van der Waals surface area contributed by atoms with E-state index in [1.165, 1.54) is 18.7 Å². The molecule has 0 bridgehead atoms. The Kier molecular flexibility index (Phi) is 4.91. The van der Waals surface area contributed by atoms with E-state index >= 15 is 0 Å². The quantitative estimate of drug-likeness (QED) is 0.705. The first-order valence-corrected chi connectivity index (χ1v) is 8.93. The minimum Gasteiger partial charge on any atom is -0.494 e. The first-order chi connectivity index (χ1) is 13.2. The minimum atomic E-state index is -0.423. The first kappa shape index (κ1) is 17.3. The average molecular weight is 365 g/mol. The van der Waals surface area contributed by atoms with Gasteiger partial charge in [-0.2, -0.15) is 5.10 Å². The number of anilines is 1. The molecule has 0 amide bonds. The summed E-state index contributed by atoms with van der Waals surface area (Å²) in [5.74, 6) is 0.889. The molecule has 0 spiro atoms. The van der Waals surface area contributed by atoms with E-state index in [-0.39, 0.29) is 5.75 Å². The molecule has 1 saturated heterocycles. The van der Waals surface area contributed by atoms with Crippen LogP contribution >= 0.6 is 0 Å². The summed E-state index contributed by atoms with van der Waals surface area (Å²) in [6, 6.07) is 8.93. The molecule has 138 valence electrons. The molecule has 3 aromatic rings. The van der Waals surface area contributed by atoms with E-state index in [9.17, 15) is 4.39 Å². The molecule has 1 aliphatic rings. The smallest absolute Gasteiger partial charge is 0.245 e. The molecule has 3 heterocycles. The maximum absolute atomic E-state index is 14.0. The molecular weight excluding hydrogens is 345 g/mol. The molecule has 1 aliphatic heterocycles. The fourth-order valence-corrected chi connectivity index (χ4v) is 3.44. The van der Waals surface area contributed by atoms with Crippen LogP contribution in [0.2, 0.25) is 0 Å². The van der Waals surface area contributed by atoms with E-state index in [0.29, 0.717) is 23.1 Å². The van der Waals surface area contributed by atoms with Crippen molar-refractivity contribution < 1.29 is 9.13 Å². The summed E-state index contributed by atoms with van der Waals surface area (Å²) < 4.78 is 19.0. The first-order valence-electron chi connectivity index (χ1n) is 8.93. The van der Waals surface area contributed by atoms with Gasteiger partial charge in [0.1, 0.15) is 0 Å². The molecule has 7 heteroatoms. The Morgan fingerprint density at radius 3 is 2.59 bits per heavy atom. The Bertz CT molecular complexity index is 913. The lowest BCUT2D eigenvalue weighted by Gasteiger charge is -2.32. The van der Waals surface area contributed by atoms with E-state index in [2.05, 4.69) is 37.2 Å². The third-order valence-electron chi connectivity index (χ3n) is 4.95. The largest absolute Gasteiger partial charge is 0.494 e. The van der Waals surface area contributed by atoms with Gasteiger partial charge < -0.3 is 9.64 Å². The number of rotatable bonds is 4. The highest BCUT2D eigenvalue weighted by Gasteiger charge is 2.22. The maximum atomic E-state index is 14.0. The summed E-state index contributed by atoms with van der Waals surface area (Å²) in [5.41, 5.74) is 2.57. The molecule has 6 nitrogen and oxygen atoms in total. The van der Waals surface area contributed by atoms with Crippen molar-refractivity contribution >= 4 is 5.95 Å². The number of hydrogen-bond acceptors (Lipinski definition) is 6. The number of ether oxygens (including phenoxy) is 1. The van der Waals surface area contributed by atoms with Crippen LogP contribution in [0.1, 0.15) is 24.3 Å². The molecule has 1 fully saturated rings. The average Bonchev–Trinajstić information content (AvgIpc) is 2.74. The number of aromatic nitrogens is 4. The van der Waals surface area contributed by atoms with Crippen molar-refractivity contribution in [3.63, 3.8) is 0 Å². The molecule has 0 aliphatic carbocycles. The second kappa shape index (κ2) is 7.65. The van der Waals surface area contributed by atoms with Crippen molar-refractivity contribution in [3.05, 3.63) is 60.3 Å². The van der Waals surface area contributed by atoms with E-state index < -0.39 is 5.82 Å². The van der Waals surface area contributed by atoms with Gasteiger partial charge in [-0.25, -0.2) is 9.37 Å². The molecule has 0 atom stereocenters. The van der Waals surface area contributed by atoms with E-state index in [1.807, 2.05) is 12.4 Å². The second-order valence-electron chi connectivity index (χ2n) is 6.53. The number of halogens is 1. The number of methoxy groups -OCH3 is 1. The summed E-state index contributed by atoms with van der Waals surface area (Å²) in [6.07, 6.45) is 7.27. The lowest BCUT2D eigenvalue weighted by molar-refractivity contribution is 0.386. The van der Waals surface area contributed by atoms with Crippen molar-refractivity contribution in [1.29, 1.82) is 0 Å². The third kappa shape index (κ3) is 3.72. The summed E-state index contributed by atoms with van der Waals surface area (Å²) >= 11 is 0. The number of pyridine rings is 1. The molecule has 1 aromatic carbocycles. The van der Waals surface area contributed by atoms with Crippen molar-refractivity contribution in [1.82, 2.24) is 20.2 Å². The zero-order valence-electron chi connectivity index (χ0n) is 15.0. The van der Waals surface area contributed by atoms with Crippen LogP contribution < -0.4 is 9.64 Å². The summed E-state index contributed by atoms with van der Waals surface area (Å²) in [5, 5.41) is 8.25. The molecule has 0 radical (unpaired) electrons. The number of benzene rings is 1. The van der Waals surface area contributed by atoms with Gasteiger partial charge >= 0.3 is 0 Å². The van der Waals surface area contributed by atoms with Crippen LogP contribution in [-0.4, -0.2) is 40.4 Å². The minimum absolute atomic E-state index is 0.208. The maximum Gasteiger partial charge on any atom is 0.245 e. The van der Waals surface area contributed by atoms with Crippen molar-refractivity contribution in [2.75, 3.05) is 25.1 Å². The fraction of sp³-hybridized carbons (Fsp3) is 0.300. The molecule has 4 rings (SSSR count). The van der Waals surface area contributed by atoms with Crippen LogP contribution in [0.25, 0.3) is 11.3 Å². The van der Waals surface area contributed by atoms with Crippen LogP contribution in [0.4, 0.5) is 10.3 Å². The van der Waals surface area contributed by atoms with Gasteiger partial charge in [0, 0.05) is 31.0 Å². The Morgan fingerprint density at radius 1 is 1.11 bits per heavy atom. The highest BCUT2D eigenvalue weighted by atomic mass is 19.1. The van der Waals surface area contributed by atoms with Crippen molar-refractivity contribution in [2.45, 2.75) is 18.8 Å². The SMILES string of the molecule is COc1ccc(-c2cnnc(N3CCC(c4ccncc4)CC3)n2)cc1F. The van der Waals surface area contributed by atoms with Crippen LogP contribution in [-0.2, 0) is 0 Å². The number of hydrogen-bond donors (Lipinski definition) is 0. The summed E-state index contributed by atoms with van der Waals surface area (Å²) in [4.78, 5) is 10.8. The number of piperidine rings is 1. The van der Waals surface area contributed by atoms with Crippen molar-refractivity contribution in [3.8, 4) is 17.0 Å². The third-order valence-corrected chi connectivity index (χ3v) is 4.95.